The molecule has 0 bridgehead atoms. The lowest BCUT2D eigenvalue weighted by molar-refractivity contribution is 0.0692. The summed E-state index contributed by atoms with van der Waals surface area (Å²) in [6.07, 6.45) is 0. The Hall–Kier alpha value is -2.58. The number of nitrogens with zero attached hydrogens (tertiary/aromatic N) is 1. The molecular formula is C16H11NO3S. The first kappa shape index (κ1) is 14.8. The van der Waals surface area contributed by atoms with Gasteiger partial charge in [0, 0.05) is 10.5 Å². The molecule has 0 heterocycles. The van der Waals surface area contributed by atoms with E-state index in [0.717, 1.165) is 0 Å². The summed E-state index contributed by atoms with van der Waals surface area (Å²) in [7, 11) is 0. The second kappa shape index (κ2) is 6.73. The fourth-order valence-electron chi connectivity index (χ4n) is 1.73. The van der Waals surface area contributed by atoms with E-state index < -0.39 is 5.97 Å². The van der Waals surface area contributed by atoms with E-state index in [2.05, 4.69) is 0 Å². The molecule has 0 aromatic heterocycles. The first-order valence-corrected chi connectivity index (χ1v) is 7.09. The number of hydrogen-bond acceptors (Lipinski definition) is 4. The highest BCUT2D eigenvalue weighted by Gasteiger charge is 2.12. The summed E-state index contributed by atoms with van der Waals surface area (Å²) in [5, 5.41) is 17.8. The Morgan fingerprint density at radius 2 is 1.76 bits per heavy atom. The van der Waals surface area contributed by atoms with Crippen LogP contribution in [0, 0.1) is 11.3 Å². The zero-order valence-corrected chi connectivity index (χ0v) is 11.8. The van der Waals surface area contributed by atoms with Gasteiger partial charge in [0.2, 0.25) is 0 Å². The minimum Gasteiger partial charge on any atom is -0.478 e. The largest absolute Gasteiger partial charge is 0.478 e. The van der Waals surface area contributed by atoms with Gasteiger partial charge in [0.1, 0.15) is 0 Å². The van der Waals surface area contributed by atoms with Crippen LogP contribution in [0.5, 0.6) is 0 Å². The average molecular weight is 297 g/mol. The molecule has 2 aromatic carbocycles. The number of carbonyl (C=O) groups is 2. The minimum atomic E-state index is -1.01. The molecule has 0 atom stereocenters. The van der Waals surface area contributed by atoms with Crippen molar-refractivity contribution >= 4 is 23.5 Å². The van der Waals surface area contributed by atoms with Crippen LogP contribution >= 0.6 is 11.8 Å². The van der Waals surface area contributed by atoms with E-state index >= 15 is 0 Å². The lowest BCUT2D eigenvalue weighted by Crippen LogP contribution is -2.04. The van der Waals surface area contributed by atoms with E-state index in [9.17, 15) is 9.59 Å². The van der Waals surface area contributed by atoms with Crippen molar-refractivity contribution in [3.05, 3.63) is 65.2 Å². The molecule has 0 aliphatic heterocycles. The quantitative estimate of drug-likeness (QED) is 0.677. The Morgan fingerprint density at radius 3 is 2.38 bits per heavy atom. The summed E-state index contributed by atoms with van der Waals surface area (Å²) in [6, 6.07) is 14.9. The van der Waals surface area contributed by atoms with Crippen molar-refractivity contribution in [1.29, 1.82) is 5.26 Å². The maximum absolute atomic E-state index is 12.0. The van der Waals surface area contributed by atoms with Gasteiger partial charge in [0.15, 0.2) is 5.78 Å². The third kappa shape index (κ3) is 3.71. The van der Waals surface area contributed by atoms with Crippen LogP contribution in [0.4, 0.5) is 0 Å². The Morgan fingerprint density at radius 1 is 1.10 bits per heavy atom. The fraction of sp³-hybridized carbons (Fsp3) is 0.0625. The lowest BCUT2D eigenvalue weighted by atomic mass is 10.1. The summed E-state index contributed by atoms with van der Waals surface area (Å²) >= 11 is 1.19. The molecule has 2 aromatic rings. The van der Waals surface area contributed by atoms with Gasteiger partial charge < -0.3 is 5.11 Å². The number of hydrogen-bond donors (Lipinski definition) is 1. The molecule has 0 saturated heterocycles. The van der Waals surface area contributed by atoms with E-state index in [0.29, 0.717) is 16.0 Å². The van der Waals surface area contributed by atoms with Crippen molar-refractivity contribution in [3.8, 4) is 6.07 Å². The predicted octanol–water partition coefficient (Wildman–Crippen LogP) is 3.23. The van der Waals surface area contributed by atoms with Gasteiger partial charge in [-0.1, -0.05) is 24.3 Å². The smallest absolute Gasteiger partial charge is 0.336 e. The van der Waals surface area contributed by atoms with Crippen molar-refractivity contribution in [2.75, 3.05) is 5.75 Å². The maximum Gasteiger partial charge on any atom is 0.336 e. The van der Waals surface area contributed by atoms with Crippen LogP contribution in [-0.4, -0.2) is 22.6 Å². The highest BCUT2D eigenvalue weighted by Crippen LogP contribution is 2.23. The van der Waals surface area contributed by atoms with Gasteiger partial charge in [0.05, 0.1) is 22.9 Å². The van der Waals surface area contributed by atoms with Crippen molar-refractivity contribution in [2.24, 2.45) is 0 Å². The first-order valence-electron chi connectivity index (χ1n) is 6.10. The first-order chi connectivity index (χ1) is 10.1. The summed E-state index contributed by atoms with van der Waals surface area (Å²) in [5.41, 5.74) is 1.19. The van der Waals surface area contributed by atoms with Crippen molar-refractivity contribution < 1.29 is 14.7 Å². The maximum atomic E-state index is 12.0. The molecule has 0 aliphatic carbocycles. The van der Waals surface area contributed by atoms with Gasteiger partial charge >= 0.3 is 5.97 Å². The van der Waals surface area contributed by atoms with Crippen molar-refractivity contribution in [2.45, 2.75) is 4.90 Å². The number of carbonyl (C=O) groups excluding carboxylic acids is 1. The molecule has 2 rings (SSSR count). The van der Waals surface area contributed by atoms with Gasteiger partial charge in [-0.25, -0.2) is 4.79 Å². The SMILES string of the molecule is N#Cc1ccc(C(=O)CSc2ccccc2C(=O)O)cc1. The molecular weight excluding hydrogens is 286 g/mol. The number of Topliss-reactive ketones (excluding diaryl/α,β-unsaturated/α-hetero) is 1. The number of rotatable bonds is 5. The molecule has 0 fully saturated rings. The highest BCUT2D eigenvalue weighted by atomic mass is 32.2. The van der Waals surface area contributed by atoms with Crippen molar-refractivity contribution in [3.63, 3.8) is 0 Å². The molecule has 0 aliphatic rings. The number of benzene rings is 2. The van der Waals surface area contributed by atoms with Gasteiger partial charge in [-0.3, -0.25) is 4.79 Å². The summed E-state index contributed by atoms with van der Waals surface area (Å²) in [5.74, 6) is -0.968. The predicted molar refractivity (Wildman–Crippen MR) is 79.6 cm³/mol. The van der Waals surface area contributed by atoms with Crippen LogP contribution in [0.3, 0.4) is 0 Å². The summed E-state index contributed by atoms with van der Waals surface area (Å²) < 4.78 is 0. The number of aromatic carboxylic acids is 1. The van der Waals surface area contributed by atoms with E-state index in [-0.39, 0.29) is 17.1 Å². The van der Waals surface area contributed by atoms with Crippen LogP contribution in [0.2, 0.25) is 0 Å². The van der Waals surface area contributed by atoms with Crippen LogP contribution in [-0.2, 0) is 0 Å². The van der Waals surface area contributed by atoms with Gasteiger partial charge in [-0.2, -0.15) is 5.26 Å². The number of carboxylic acids is 1. The van der Waals surface area contributed by atoms with Crippen LogP contribution in [0.25, 0.3) is 0 Å². The zero-order valence-electron chi connectivity index (χ0n) is 10.9. The van der Waals surface area contributed by atoms with Crippen LogP contribution in [0.15, 0.2) is 53.4 Å². The van der Waals surface area contributed by atoms with Gasteiger partial charge in [-0.05, 0) is 24.3 Å². The molecule has 0 radical (unpaired) electrons. The lowest BCUT2D eigenvalue weighted by Gasteiger charge is -2.05. The number of nitriles is 1. The Bertz CT molecular complexity index is 717. The Kier molecular flexibility index (Phi) is 4.75. The Balaban J connectivity index is 2.07. The third-order valence-electron chi connectivity index (χ3n) is 2.81. The minimum absolute atomic E-state index is 0.107. The fourth-order valence-corrected chi connectivity index (χ4v) is 2.67. The average Bonchev–Trinajstić information content (AvgIpc) is 2.52. The summed E-state index contributed by atoms with van der Waals surface area (Å²) in [4.78, 5) is 23.7. The molecule has 0 saturated carbocycles. The molecule has 104 valence electrons. The third-order valence-corrected chi connectivity index (χ3v) is 3.89. The van der Waals surface area contributed by atoms with E-state index in [1.54, 1.807) is 42.5 Å². The summed E-state index contributed by atoms with van der Waals surface area (Å²) in [6.45, 7) is 0. The zero-order chi connectivity index (χ0) is 15.2. The van der Waals surface area contributed by atoms with Gasteiger partial charge in [-0.15, -0.1) is 11.8 Å². The second-order valence-corrected chi connectivity index (χ2v) is 5.22. The van der Waals surface area contributed by atoms with Crippen molar-refractivity contribution in [1.82, 2.24) is 0 Å². The molecule has 5 heteroatoms. The Labute approximate surface area is 126 Å². The number of ketones is 1. The molecule has 0 unspecified atom stereocenters. The molecule has 1 N–H and O–H groups in total. The molecule has 0 amide bonds. The number of carboxylic acid groups (broad SMARTS) is 1. The van der Waals surface area contributed by atoms with E-state index in [1.165, 1.54) is 17.8 Å². The monoisotopic (exact) mass is 297 g/mol. The molecule has 21 heavy (non-hydrogen) atoms. The standard InChI is InChI=1S/C16H11NO3S/c17-9-11-5-7-12(8-6-11)14(18)10-21-15-4-2-1-3-13(15)16(19)20/h1-8H,10H2,(H,19,20). The number of thioether (sulfide) groups is 1. The topological polar surface area (TPSA) is 78.2 Å². The van der Waals surface area contributed by atoms with Crippen LogP contribution < -0.4 is 0 Å². The molecule has 4 nitrogen and oxygen atoms in total. The van der Waals surface area contributed by atoms with E-state index in [1.807, 2.05) is 6.07 Å². The van der Waals surface area contributed by atoms with E-state index in [4.69, 9.17) is 10.4 Å². The normalized spacial score (nSPS) is 9.86. The second-order valence-electron chi connectivity index (χ2n) is 4.20. The molecule has 0 spiro atoms. The van der Waals surface area contributed by atoms with Crippen LogP contribution in [0.1, 0.15) is 26.3 Å². The highest BCUT2D eigenvalue weighted by molar-refractivity contribution is 8.00. The van der Waals surface area contributed by atoms with Gasteiger partial charge in [0.25, 0.3) is 0 Å².